The molecular weight excluding hydrogens is 260 g/mol. The summed E-state index contributed by atoms with van der Waals surface area (Å²) in [5.41, 5.74) is 9.32. The molecule has 1 amide bonds. The SMILES string of the molecule is CCSc1ccccc1N1CC(CN=[N+]=[N-])CC1=O. The minimum atomic E-state index is 0.113. The second-order valence-electron chi connectivity index (χ2n) is 4.39. The lowest BCUT2D eigenvalue weighted by atomic mass is 10.1. The molecule has 1 unspecified atom stereocenters. The highest BCUT2D eigenvalue weighted by atomic mass is 32.2. The molecule has 1 aliphatic rings. The van der Waals surface area contributed by atoms with Crippen LogP contribution in [0.5, 0.6) is 0 Å². The van der Waals surface area contributed by atoms with E-state index in [1.54, 1.807) is 11.8 Å². The van der Waals surface area contributed by atoms with Gasteiger partial charge in [-0.2, -0.15) is 0 Å². The minimum absolute atomic E-state index is 0.113. The number of nitrogens with zero attached hydrogens (tertiary/aromatic N) is 4. The Balaban J connectivity index is 2.18. The molecule has 2 rings (SSSR count). The molecule has 1 heterocycles. The fourth-order valence-corrected chi connectivity index (χ4v) is 3.06. The Hall–Kier alpha value is -1.65. The number of benzene rings is 1. The summed E-state index contributed by atoms with van der Waals surface area (Å²) < 4.78 is 0. The van der Waals surface area contributed by atoms with Crippen LogP contribution in [0.15, 0.2) is 34.3 Å². The Morgan fingerprint density at radius 1 is 1.53 bits per heavy atom. The van der Waals surface area contributed by atoms with E-state index in [0.29, 0.717) is 19.5 Å². The summed E-state index contributed by atoms with van der Waals surface area (Å²) in [6.45, 7) is 3.12. The largest absolute Gasteiger partial charge is 0.311 e. The lowest BCUT2D eigenvalue weighted by Crippen LogP contribution is -2.25. The van der Waals surface area contributed by atoms with Crippen LogP contribution >= 0.6 is 11.8 Å². The van der Waals surface area contributed by atoms with Gasteiger partial charge < -0.3 is 4.90 Å². The van der Waals surface area contributed by atoms with Crippen LogP contribution in [0.4, 0.5) is 5.69 Å². The molecule has 0 saturated carbocycles. The summed E-state index contributed by atoms with van der Waals surface area (Å²) in [5, 5.41) is 3.57. The zero-order chi connectivity index (χ0) is 13.7. The van der Waals surface area contributed by atoms with Gasteiger partial charge >= 0.3 is 0 Å². The van der Waals surface area contributed by atoms with Crippen LogP contribution in [0, 0.1) is 5.92 Å². The number of hydrogen-bond donors (Lipinski definition) is 0. The van der Waals surface area contributed by atoms with Gasteiger partial charge in [-0.05, 0) is 29.3 Å². The molecule has 1 fully saturated rings. The summed E-state index contributed by atoms with van der Waals surface area (Å²) in [4.78, 5) is 17.8. The van der Waals surface area contributed by atoms with Crippen molar-refractivity contribution >= 4 is 23.4 Å². The Morgan fingerprint density at radius 2 is 2.32 bits per heavy atom. The molecular formula is C13H16N4OS. The first-order chi connectivity index (χ1) is 9.26. The Kier molecular flexibility index (Phi) is 4.71. The first-order valence-electron chi connectivity index (χ1n) is 6.29. The molecule has 0 aliphatic carbocycles. The maximum absolute atomic E-state index is 12.1. The van der Waals surface area contributed by atoms with Crippen molar-refractivity contribution in [1.82, 2.24) is 0 Å². The number of amides is 1. The number of hydrogen-bond acceptors (Lipinski definition) is 3. The maximum atomic E-state index is 12.1. The van der Waals surface area contributed by atoms with E-state index in [2.05, 4.69) is 16.9 Å². The van der Waals surface area contributed by atoms with Crippen LogP contribution in [0.2, 0.25) is 0 Å². The first-order valence-corrected chi connectivity index (χ1v) is 7.27. The van der Waals surface area contributed by atoms with Crippen molar-refractivity contribution in [3.05, 3.63) is 34.7 Å². The molecule has 6 heteroatoms. The van der Waals surface area contributed by atoms with E-state index < -0.39 is 0 Å². The zero-order valence-corrected chi connectivity index (χ0v) is 11.6. The number of carbonyl (C=O) groups is 1. The summed E-state index contributed by atoms with van der Waals surface area (Å²) in [7, 11) is 0. The van der Waals surface area contributed by atoms with E-state index >= 15 is 0 Å². The van der Waals surface area contributed by atoms with Crippen LogP contribution < -0.4 is 4.90 Å². The molecule has 19 heavy (non-hydrogen) atoms. The zero-order valence-electron chi connectivity index (χ0n) is 10.8. The molecule has 0 aromatic heterocycles. The van der Waals surface area contributed by atoms with E-state index in [0.717, 1.165) is 16.3 Å². The van der Waals surface area contributed by atoms with Gasteiger partial charge in [0.15, 0.2) is 0 Å². The summed E-state index contributed by atoms with van der Waals surface area (Å²) in [5.74, 6) is 1.21. The number of carbonyl (C=O) groups excluding carboxylic acids is 1. The van der Waals surface area contributed by atoms with Crippen molar-refractivity contribution in [2.75, 3.05) is 23.7 Å². The highest BCUT2D eigenvalue weighted by molar-refractivity contribution is 7.99. The predicted molar refractivity (Wildman–Crippen MR) is 77.3 cm³/mol. The number of rotatable bonds is 5. The minimum Gasteiger partial charge on any atom is -0.311 e. The van der Waals surface area contributed by atoms with Gasteiger partial charge in [-0.1, -0.05) is 24.2 Å². The second kappa shape index (κ2) is 6.50. The van der Waals surface area contributed by atoms with Gasteiger partial charge in [0, 0.05) is 29.3 Å². The molecule has 1 aliphatic heterocycles. The van der Waals surface area contributed by atoms with Gasteiger partial charge in [0.2, 0.25) is 5.91 Å². The van der Waals surface area contributed by atoms with Crippen molar-refractivity contribution in [2.45, 2.75) is 18.2 Å². The average molecular weight is 276 g/mol. The fourth-order valence-electron chi connectivity index (χ4n) is 2.25. The molecule has 0 N–H and O–H groups in total. The topological polar surface area (TPSA) is 69.1 Å². The molecule has 0 spiro atoms. The Morgan fingerprint density at radius 3 is 3.05 bits per heavy atom. The molecule has 1 saturated heterocycles. The van der Waals surface area contributed by atoms with E-state index in [4.69, 9.17) is 5.53 Å². The lowest BCUT2D eigenvalue weighted by molar-refractivity contribution is -0.117. The molecule has 0 bridgehead atoms. The molecule has 1 aromatic rings. The number of anilines is 1. The van der Waals surface area contributed by atoms with E-state index in [1.807, 2.05) is 29.2 Å². The Bertz CT molecular complexity index is 513. The number of thioether (sulfide) groups is 1. The third-order valence-corrected chi connectivity index (χ3v) is 4.01. The van der Waals surface area contributed by atoms with Crippen LogP contribution in [0.3, 0.4) is 0 Å². The summed E-state index contributed by atoms with van der Waals surface area (Å²) >= 11 is 1.73. The molecule has 100 valence electrons. The van der Waals surface area contributed by atoms with Crippen LogP contribution in [0.1, 0.15) is 13.3 Å². The van der Waals surface area contributed by atoms with Crippen molar-refractivity contribution in [1.29, 1.82) is 0 Å². The standard InChI is InChI=1S/C13H16N4OS/c1-2-19-12-6-4-3-5-11(12)17-9-10(7-13(17)18)8-15-16-14/h3-6,10H,2,7-9H2,1H3. The first kappa shape index (κ1) is 13.8. The van der Waals surface area contributed by atoms with E-state index in [9.17, 15) is 4.79 Å². The van der Waals surface area contributed by atoms with E-state index in [1.165, 1.54) is 0 Å². The monoisotopic (exact) mass is 276 g/mol. The second-order valence-corrected chi connectivity index (χ2v) is 5.69. The molecule has 0 radical (unpaired) electrons. The average Bonchev–Trinajstić information content (AvgIpc) is 2.78. The fraction of sp³-hybridized carbons (Fsp3) is 0.462. The lowest BCUT2D eigenvalue weighted by Gasteiger charge is -2.19. The van der Waals surface area contributed by atoms with Crippen molar-refractivity contribution in [3.8, 4) is 0 Å². The Labute approximate surface area is 116 Å². The smallest absolute Gasteiger partial charge is 0.227 e. The highest BCUT2D eigenvalue weighted by Gasteiger charge is 2.31. The van der Waals surface area contributed by atoms with Crippen LogP contribution in [0.25, 0.3) is 10.4 Å². The van der Waals surface area contributed by atoms with Gasteiger partial charge in [-0.25, -0.2) is 0 Å². The number of azide groups is 1. The highest BCUT2D eigenvalue weighted by Crippen LogP contribution is 2.33. The molecule has 5 nitrogen and oxygen atoms in total. The normalized spacial score (nSPS) is 18.5. The third kappa shape index (κ3) is 3.22. The maximum Gasteiger partial charge on any atom is 0.227 e. The summed E-state index contributed by atoms with van der Waals surface area (Å²) in [6.07, 6.45) is 0.462. The van der Waals surface area contributed by atoms with Crippen molar-refractivity contribution < 1.29 is 4.79 Å². The number of para-hydroxylation sites is 1. The predicted octanol–water partition coefficient (Wildman–Crippen LogP) is 3.46. The molecule has 1 atom stereocenters. The van der Waals surface area contributed by atoms with Gasteiger partial charge in [0.05, 0.1) is 5.69 Å². The van der Waals surface area contributed by atoms with Gasteiger partial charge in [-0.15, -0.1) is 11.8 Å². The van der Waals surface area contributed by atoms with Gasteiger partial charge in [0.1, 0.15) is 0 Å². The van der Waals surface area contributed by atoms with Gasteiger partial charge in [-0.3, -0.25) is 4.79 Å². The van der Waals surface area contributed by atoms with Crippen LogP contribution in [-0.4, -0.2) is 24.7 Å². The van der Waals surface area contributed by atoms with Crippen molar-refractivity contribution in [3.63, 3.8) is 0 Å². The quantitative estimate of drug-likeness (QED) is 0.357. The van der Waals surface area contributed by atoms with E-state index in [-0.39, 0.29) is 11.8 Å². The summed E-state index contributed by atoms with van der Waals surface area (Å²) in [6, 6.07) is 7.95. The van der Waals surface area contributed by atoms with Crippen molar-refractivity contribution in [2.24, 2.45) is 11.0 Å². The van der Waals surface area contributed by atoms with Crippen LogP contribution in [-0.2, 0) is 4.79 Å². The molecule has 1 aromatic carbocycles. The third-order valence-electron chi connectivity index (χ3n) is 3.06. The van der Waals surface area contributed by atoms with Gasteiger partial charge in [0.25, 0.3) is 0 Å².